The van der Waals surface area contributed by atoms with E-state index in [0.717, 1.165) is 37.4 Å². The summed E-state index contributed by atoms with van der Waals surface area (Å²) in [6.07, 6.45) is 2.59. The third kappa shape index (κ3) is 3.16. The zero-order valence-electron chi connectivity index (χ0n) is 12.9. The predicted molar refractivity (Wildman–Crippen MR) is 95.3 cm³/mol. The van der Waals surface area contributed by atoms with Crippen LogP contribution in [-0.4, -0.2) is 29.2 Å². The van der Waals surface area contributed by atoms with E-state index >= 15 is 0 Å². The van der Waals surface area contributed by atoms with Gasteiger partial charge in [0.1, 0.15) is 0 Å². The average molecular weight is 346 g/mol. The van der Waals surface area contributed by atoms with E-state index in [-0.39, 0.29) is 6.10 Å². The smallest absolute Gasteiger partial charge is 0.0564 e. The molecule has 2 aromatic rings. The minimum Gasteiger partial charge on any atom is -0.393 e. The molecule has 2 aromatic carbocycles. The number of benzene rings is 2. The fraction of sp³-hybridized carbons (Fsp3) is 0.368. The molecule has 1 N–H and O–H groups in total. The van der Waals surface area contributed by atoms with Gasteiger partial charge in [0.25, 0.3) is 0 Å². The second kappa shape index (κ2) is 6.48. The molecule has 0 amide bonds. The molecule has 23 heavy (non-hydrogen) atoms. The molecule has 120 valence electrons. The number of aliphatic hydroxyl groups excluding tert-OH is 1. The molecule has 2 nitrogen and oxygen atoms in total. The Labute approximate surface area is 146 Å². The van der Waals surface area contributed by atoms with Gasteiger partial charge in [0.2, 0.25) is 0 Å². The van der Waals surface area contributed by atoms with E-state index < -0.39 is 0 Å². The Hall–Kier alpha value is -1.00. The minimum atomic E-state index is -0.141. The van der Waals surface area contributed by atoms with Crippen LogP contribution in [0.2, 0.25) is 5.02 Å². The van der Waals surface area contributed by atoms with Gasteiger partial charge in [0.05, 0.1) is 6.10 Å². The first-order valence-corrected chi connectivity index (χ1v) is 9.37. The van der Waals surface area contributed by atoms with E-state index in [4.69, 9.17) is 11.6 Å². The Kier molecular flexibility index (Phi) is 4.37. The van der Waals surface area contributed by atoms with Crippen molar-refractivity contribution in [2.75, 3.05) is 13.1 Å². The SMILES string of the molecule is OC1CCN(C2Cc3ccccc3Sc3ccc(Cl)cc32)CC1. The van der Waals surface area contributed by atoms with Gasteiger partial charge in [-0.05, 0) is 54.7 Å². The first kappa shape index (κ1) is 15.5. The van der Waals surface area contributed by atoms with Crippen LogP contribution in [0.3, 0.4) is 0 Å². The molecule has 2 heterocycles. The highest BCUT2D eigenvalue weighted by Crippen LogP contribution is 2.44. The molecule has 4 rings (SSSR count). The Bertz CT molecular complexity index is 712. The standard InChI is InChI=1S/C19H20ClNOS/c20-14-5-6-19-16(12-14)17(21-9-7-15(22)8-10-21)11-13-3-1-2-4-18(13)23-19/h1-6,12,15,17,22H,7-11H2. The largest absolute Gasteiger partial charge is 0.393 e. The van der Waals surface area contributed by atoms with Crippen LogP contribution in [-0.2, 0) is 6.42 Å². The number of fused-ring (bicyclic) bond motifs is 2. The minimum absolute atomic E-state index is 0.141. The zero-order chi connectivity index (χ0) is 15.8. The second-order valence-corrected chi connectivity index (χ2v) is 7.90. The Balaban J connectivity index is 1.76. The van der Waals surface area contributed by atoms with Crippen molar-refractivity contribution >= 4 is 23.4 Å². The summed E-state index contributed by atoms with van der Waals surface area (Å²) in [5.41, 5.74) is 2.73. The predicted octanol–water partition coefficient (Wildman–Crippen LogP) is 4.55. The molecule has 0 bridgehead atoms. The number of aliphatic hydroxyl groups is 1. The van der Waals surface area contributed by atoms with Crippen molar-refractivity contribution in [2.45, 2.75) is 41.2 Å². The topological polar surface area (TPSA) is 23.5 Å². The van der Waals surface area contributed by atoms with E-state index in [1.807, 2.05) is 17.8 Å². The van der Waals surface area contributed by atoms with Gasteiger partial charge in [0.15, 0.2) is 0 Å². The van der Waals surface area contributed by atoms with Gasteiger partial charge in [-0.25, -0.2) is 0 Å². The number of halogens is 1. The summed E-state index contributed by atoms with van der Waals surface area (Å²) in [6.45, 7) is 1.90. The van der Waals surface area contributed by atoms with E-state index in [9.17, 15) is 5.11 Å². The number of hydrogen-bond donors (Lipinski definition) is 1. The van der Waals surface area contributed by atoms with Crippen LogP contribution in [0.4, 0.5) is 0 Å². The normalized spacial score (nSPS) is 22.3. The van der Waals surface area contributed by atoms with Crippen LogP contribution >= 0.6 is 23.4 Å². The van der Waals surface area contributed by atoms with Crippen molar-refractivity contribution in [3.63, 3.8) is 0 Å². The zero-order valence-corrected chi connectivity index (χ0v) is 14.5. The summed E-state index contributed by atoms with van der Waals surface area (Å²) in [4.78, 5) is 5.16. The molecule has 1 fully saturated rings. The Morgan fingerprint density at radius 3 is 2.65 bits per heavy atom. The third-order valence-electron chi connectivity index (χ3n) is 4.88. The second-order valence-electron chi connectivity index (χ2n) is 6.38. The molecule has 1 unspecified atom stereocenters. The van der Waals surface area contributed by atoms with Crippen LogP contribution in [0.5, 0.6) is 0 Å². The lowest BCUT2D eigenvalue weighted by molar-refractivity contribution is 0.0596. The van der Waals surface area contributed by atoms with Gasteiger partial charge < -0.3 is 5.11 Å². The molecule has 0 radical (unpaired) electrons. The van der Waals surface area contributed by atoms with Gasteiger partial charge in [-0.3, -0.25) is 4.90 Å². The summed E-state index contributed by atoms with van der Waals surface area (Å²) < 4.78 is 0. The molecule has 1 atom stereocenters. The highest BCUT2D eigenvalue weighted by molar-refractivity contribution is 7.99. The Morgan fingerprint density at radius 1 is 1.04 bits per heavy atom. The number of piperidine rings is 1. The fourth-order valence-electron chi connectivity index (χ4n) is 3.60. The van der Waals surface area contributed by atoms with E-state index in [0.29, 0.717) is 6.04 Å². The molecular weight excluding hydrogens is 326 g/mol. The monoisotopic (exact) mass is 345 g/mol. The molecular formula is C19H20ClNOS. The van der Waals surface area contributed by atoms with Crippen LogP contribution in [0.1, 0.15) is 30.0 Å². The van der Waals surface area contributed by atoms with Crippen LogP contribution in [0.15, 0.2) is 52.3 Å². The number of rotatable bonds is 1. The first-order valence-electron chi connectivity index (χ1n) is 8.18. The third-order valence-corrected chi connectivity index (χ3v) is 6.32. The summed E-state index contributed by atoms with van der Waals surface area (Å²) in [6, 6.07) is 15.3. The van der Waals surface area contributed by atoms with Crippen LogP contribution < -0.4 is 0 Å². The molecule has 0 aliphatic carbocycles. The van der Waals surface area contributed by atoms with E-state index in [2.05, 4.69) is 41.3 Å². The van der Waals surface area contributed by atoms with E-state index in [1.54, 1.807) is 0 Å². The highest BCUT2D eigenvalue weighted by Gasteiger charge is 2.30. The van der Waals surface area contributed by atoms with Crippen molar-refractivity contribution < 1.29 is 5.11 Å². The summed E-state index contributed by atoms with van der Waals surface area (Å²) in [5.74, 6) is 0. The Morgan fingerprint density at radius 2 is 1.83 bits per heavy atom. The average Bonchev–Trinajstić information content (AvgIpc) is 2.72. The van der Waals surface area contributed by atoms with Crippen molar-refractivity contribution in [1.82, 2.24) is 4.90 Å². The quantitative estimate of drug-likeness (QED) is 0.820. The van der Waals surface area contributed by atoms with Crippen LogP contribution in [0.25, 0.3) is 0 Å². The van der Waals surface area contributed by atoms with E-state index in [1.165, 1.54) is 20.9 Å². The van der Waals surface area contributed by atoms with Gasteiger partial charge >= 0.3 is 0 Å². The summed E-state index contributed by atoms with van der Waals surface area (Å²) in [5, 5.41) is 10.6. The molecule has 4 heteroatoms. The van der Waals surface area contributed by atoms with Gasteiger partial charge in [-0.1, -0.05) is 41.6 Å². The van der Waals surface area contributed by atoms with Gasteiger partial charge in [-0.15, -0.1) is 0 Å². The van der Waals surface area contributed by atoms with Crippen molar-refractivity contribution in [2.24, 2.45) is 0 Å². The molecule has 2 aliphatic heterocycles. The lowest BCUT2D eigenvalue weighted by Gasteiger charge is -2.36. The maximum Gasteiger partial charge on any atom is 0.0564 e. The van der Waals surface area contributed by atoms with Crippen molar-refractivity contribution in [3.8, 4) is 0 Å². The molecule has 1 saturated heterocycles. The molecule has 0 saturated carbocycles. The molecule has 2 aliphatic rings. The maximum absolute atomic E-state index is 9.83. The van der Waals surface area contributed by atoms with Crippen LogP contribution in [0, 0.1) is 0 Å². The lowest BCUT2D eigenvalue weighted by atomic mass is 9.95. The van der Waals surface area contributed by atoms with Crippen molar-refractivity contribution in [1.29, 1.82) is 0 Å². The maximum atomic E-state index is 9.83. The summed E-state index contributed by atoms with van der Waals surface area (Å²) >= 11 is 8.15. The van der Waals surface area contributed by atoms with Gasteiger partial charge in [0, 0.05) is 33.9 Å². The number of hydrogen-bond acceptors (Lipinski definition) is 3. The lowest BCUT2D eigenvalue weighted by Crippen LogP contribution is -2.39. The molecule has 0 aromatic heterocycles. The number of likely N-dealkylation sites (tertiary alicyclic amines) is 1. The fourth-order valence-corrected chi connectivity index (χ4v) is 4.90. The number of nitrogens with zero attached hydrogens (tertiary/aromatic N) is 1. The van der Waals surface area contributed by atoms with Gasteiger partial charge in [-0.2, -0.15) is 0 Å². The first-order chi connectivity index (χ1) is 11.2. The molecule has 0 spiro atoms. The highest BCUT2D eigenvalue weighted by atomic mass is 35.5. The van der Waals surface area contributed by atoms with Crippen molar-refractivity contribution in [3.05, 3.63) is 58.6 Å². The summed E-state index contributed by atoms with van der Waals surface area (Å²) in [7, 11) is 0.